The van der Waals surface area contributed by atoms with Crippen molar-refractivity contribution in [2.45, 2.75) is 46.0 Å². The zero-order valence-corrected chi connectivity index (χ0v) is 8.40. The van der Waals surface area contributed by atoms with Crippen LogP contribution >= 0.6 is 0 Å². The highest BCUT2D eigenvalue weighted by molar-refractivity contribution is 5.04. The van der Waals surface area contributed by atoms with Crippen molar-refractivity contribution in [3.8, 4) is 0 Å². The third kappa shape index (κ3) is 2.87. The van der Waals surface area contributed by atoms with E-state index >= 15 is 0 Å². The van der Waals surface area contributed by atoms with Gasteiger partial charge < -0.3 is 0 Å². The molecule has 0 heteroatoms. The molecule has 2 atom stereocenters. The Hall–Kier alpha value is -0.480. The Balaban J connectivity index is 2.22. The van der Waals surface area contributed by atoms with Gasteiger partial charge in [0.25, 0.3) is 0 Å². The van der Waals surface area contributed by atoms with Crippen LogP contribution in [0.15, 0.2) is 17.9 Å². The van der Waals surface area contributed by atoms with Crippen molar-refractivity contribution in [2.24, 2.45) is 11.8 Å². The van der Waals surface area contributed by atoms with Crippen molar-refractivity contribution in [1.29, 1.82) is 0 Å². The molecule has 0 bridgehead atoms. The second-order valence-corrected chi connectivity index (χ2v) is 4.06. The molecule has 0 aromatic heterocycles. The molecule has 0 aliphatic heterocycles. The smallest absolute Gasteiger partial charge is 0.0213 e. The first kappa shape index (κ1) is 9.61. The average Bonchev–Trinajstić information content (AvgIpc) is 2.75. The van der Waals surface area contributed by atoms with Gasteiger partial charge in [-0.3, -0.25) is 0 Å². The number of hydrogen-bond donors (Lipinski definition) is 0. The summed E-state index contributed by atoms with van der Waals surface area (Å²) in [6.07, 6.45) is 6.51. The largest absolute Gasteiger partial charge is 0.130 e. The molecule has 0 heterocycles. The fourth-order valence-corrected chi connectivity index (χ4v) is 1.65. The molecule has 1 saturated carbocycles. The number of unbranched alkanes of at least 4 members (excludes halogenated alkanes) is 1. The van der Waals surface area contributed by atoms with Crippen LogP contribution in [0.2, 0.25) is 0 Å². The van der Waals surface area contributed by atoms with E-state index in [0.717, 1.165) is 11.8 Å². The van der Waals surface area contributed by atoms with Crippen LogP contribution in [-0.4, -0.2) is 0 Å². The third-order valence-electron chi connectivity index (χ3n) is 2.87. The zero-order valence-electron chi connectivity index (χ0n) is 8.40. The first-order valence-electron chi connectivity index (χ1n) is 5.15. The molecular weight excluding hydrogens is 144 g/mol. The van der Waals surface area contributed by atoms with Crippen molar-refractivity contribution in [3.63, 3.8) is 0 Å². The number of allylic oxidation sites excluding steroid dienone is 1. The fourth-order valence-electron chi connectivity index (χ4n) is 1.65. The monoisotopic (exact) mass is 164 g/mol. The first-order valence-corrected chi connectivity index (χ1v) is 5.15. The minimum Gasteiger partial charge on any atom is -0.130 e. The lowest BCUT2D eigenvalue weighted by molar-refractivity contribution is 0.686. The quantitative estimate of drug-likeness (QED) is 0.540. The van der Waals surface area contributed by atoms with Gasteiger partial charge in [0.2, 0.25) is 0 Å². The van der Waals surface area contributed by atoms with E-state index in [9.17, 15) is 0 Å². The van der Waals surface area contributed by atoms with Crippen molar-refractivity contribution >= 4 is 0 Å². The molecule has 1 aliphatic rings. The van der Waals surface area contributed by atoms with Gasteiger partial charge in [-0.1, -0.05) is 26.8 Å². The second-order valence-electron chi connectivity index (χ2n) is 4.06. The van der Waals surface area contributed by atoms with Crippen LogP contribution in [0, 0.1) is 11.8 Å². The molecule has 0 nitrogen and oxygen atoms in total. The molecule has 68 valence electrons. The minimum atomic E-state index is 0.964. The van der Waals surface area contributed by atoms with Gasteiger partial charge in [-0.2, -0.15) is 0 Å². The van der Waals surface area contributed by atoms with Gasteiger partial charge in [0.15, 0.2) is 0 Å². The molecule has 0 amide bonds. The molecule has 1 fully saturated rings. The van der Waals surface area contributed by atoms with Gasteiger partial charge in [-0.05, 0) is 43.1 Å². The lowest BCUT2D eigenvalue weighted by Crippen LogP contribution is -1.86. The van der Waals surface area contributed by atoms with Gasteiger partial charge in [0.1, 0.15) is 0 Å². The summed E-state index contributed by atoms with van der Waals surface area (Å²) in [6.45, 7) is 8.33. The van der Waals surface area contributed by atoms with Crippen LogP contribution in [0.5, 0.6) is 0 Å². The van der Waals surface area contributed by atoms with E-state index in [0.29, 0.717) is 0 Å². The maximum absolute atomic E-state index is 3.76. The molecular formula is C12H20. The topological polar surface area (TPSA) is 0 Å². The molecule has 1 aliphatic carbocycles. The molecule has 0 N–H and O–H groups in total. The maximum Gasteiger partial charge on any atom is -0.0213 e. The number of rotatable bonds is 5. The van der Waals surface area contributed by atoms with Crippen LogP contribution in [0.1, 0.15) is 46.0 Å². The molecule has 2 unspecified atom stereocenters. The van der Waals surface area contributed by atoms with E-state index in [1.54, 1.807) is 0 Å². The van der Waals surface area contributed by atoms with Crippen LogP contribution in [0.25, 0.3) is 0 Å². The van der Waals surface area contributed by atoms with Crippen molar-refractivity contribution < 1.29 is 0 Å². The van der Waals surface area contributed by atoms with E-state index in [2.05, 4.69) is 26.2 Å². The van der Waals surface area contributed by atoms with E-state index in [1.807, 2.05) is 0 Å². The van der Waals surface area contributed by atoms with Crippen molar-refractivity contribution in [1.82, 2.24) is 0 Å². The van der Waals surface area contributed by atoms with Gasteiger partial charge in [-0.15, -0.1) is 5.73 Å². The Morgan fingerprint density at radius 3 is 2.67 bits per heavy atom. The highest BCUT2D eigenvalue weighted by Gasteiger charge is 2.32. The molecule has 0 spiro atoms. The molecule has 0 aromatic rings. The van der Waals surface area contributed by atoms with Gasteiger partial charge >= 0.3 is 0 Å². The average molecular weight is 164 g/mol. The SMILES string of the molecule is C=C=C(CCCC)CC1CC1C. The van der Waals surface area contributed by atoms with E-state index in [4.69, 9.17) is 0 Å². The van der Waals surface area contributed by atoms with Crippen molar-refractivity contribution in [3.05, 3.63) is 17.9 Å². The lowest BCUT2D eigenvalue weighted by atomic mass is 10.0. The minimum absolute atomic E-state index is 0.964. The summed E-state index contributed by atoms with van der Waals surface area (Å²) < 4.78 is 0. The van der Waals surface area contributed by atoms with E-state index < -0.39 is 0 Å². The second kappa shape index (κ2) is 4.52. The van der Waals surface area contributed by atoms with Gasteiger partial charge in [0, 0.05) is 0 Å². The standard InChI is InChI=1S/C12H20/c1-4-6-7-11(5-2)9-12-8-10(12)3/h10,12H,2,4,6-9H2,1,3H3. The van der Waals surface area contributed by atoms with Crippen LogP contribution in [0.3, 0.4) is 0 Å². The molecule has 0 radical (unpaired) electrons. The Bertz CT molecular complexity index is 184. The normalized spacial score (nSPS) is 26.5. The van der Waals surface area contributed by atoms with E-state index in [-0.39, 0.29) is 0 Å². The highest BCUT2D eigenvalue weighted by Crippen LogP contribution is 2.42. The summed E-state index contributed by atoms with van der Waals surface area (Å²) in [5.74, 6) is 1.93. The Kier molecular flexibility index (Phi) is 3.62. The predicted octanol–water partition coefficient (Wildman–Crippen LogP) is 3.93. The molecule has 0 saturated heterocycles. The zero-order chi connectivity index (χ0) is 8.97. The van der Waals surface area contributed by atoms with Crippen molar-refractivity contribution in [2.75, 3.05) is 0 Å². The summed E-state index contributed by atoms with van der Waals surface area (Å²) in [4.78, 5) is 0. The van der Waals surface area contributed by atoms with Crippen LogP contribution in [0.4, 0.5) is 0 Å². The van der Waals surface area contributed by atoms with Crippen LogP contribution in [-0.2, 0) is 0 Å². The first-order chi connectivity index (χ1) is 5.77. The molecule has 12 heavy (non-hydrogen) atoms. The molecule has 0 aromatic carbocycles. The van der Waals surface area contributed by atoms with Gasteiger partial charge in [-0.25, -0.2) is 0 Å². The lowest BCUT2D eigenvalue weighted by Gasteiger charge is -2.01. The predicted molar refractivity (Wildman–Crippen MR) is 54.1 cm³/mol. The van der Waals surface area contributed by atoms with Gasteiger partial charge in [0.05, 0.1) is 0 Å². The van der Waals surface area contributed by atoms with E-state index in [1.165, 1.54) is 37.7 Å². The summed E-state index contributed by atoms with van der Waals surface area (Å²) in [5, 5.41) is 0. The Morgan fingerprint density at radius 2 is 2.25 bits per heavy atom. The maximum atomic E-state index is 3.76. The summed E-state index contributed by atoms with van der Waals surface area (Å²) >= 11 is 0. The highest BCUT2D eigenvalue weighted by atomic mass is 14.4. The Morgan fingerprint density at radius 1 is 1.58 bits per heavy atom. The Labute approximate surface area is 76.4 Å². The summed E-state index contributed by atoms with van der Waals surface area (Å²) in [6, 6.07) is 0. The number of hydrogen-bond acceptors (Lipinski definition) is 0. The fraction of sp³-hybridized carbons (Fsp3) is 0.750. The summed E-state index contributed by atoms with van der Waals surface area (Å²) in [5.41, 5.74) is 4.56. The molecule has 1 rings (SSSR count). The summed E-state index contributed by atoms with van der Waals surface area (Å²) in [7, 11) is 0. The third-order valence-corrected chi connectivity index (χ3v) is 2.87. The van der Waals surface area contributed by atoms with Crippen LogP contribution < -0.4 is 0 Å².